The summed E-state index contributed by atoms with van der Waals surface area (Å²) < 4.78 is 0. The van der Waals surface area contributed by atoms with Crippen molar-refractivity contribution in [2.75, 3.05) is 5.32 Å². The summed E-state index contributed by atoms with van der Waals surface area (Å²) in [6.07, 6.45) is 3.26. The molecular weight excluding hydrogens is 318 g/mol. The Balaban J connectivity index is 1.84. The van der Waals surface area contributed by atoms with Crippen LogP contribution in [0.15, 0.2) is 70.9 Å². The van der Waals surface area contributed by atoms with Gasteiger partial charge in [0.15, 0.2) is 11.7 Å². The van der Waals surface area contributed by atoms with Gasteiger partial charge in [-0.3, -0.25) is 0 Å². The Morgan fingerprint density at radius 1 is 0.800 bits per heavy atom. The number of hydrogen-bond donors (Lipinski definition) is 3. The molecule has 0 radical (unpaired) electrons. The molecule has 7 heteroatoms. The standard InChI is InChI=1S/C18H13N5O2/c24-11-7-8-12(25)16-15(11)17(21-13-5-1-3-9-19-13)23-18(16)22-14-6-2-4-10-20-14/h1-10,24-25H,(H,19,20,21,22,23). The van der Waals surface area contributed by atoms with E-state index in [-0.39, 0.29) is 17.3 Å². The first-order valence-electron chi connectivity index (χ1n) is 7.54. The highest BCUT2D eigenvalue weighted by molar-refractivity contribution is 6.28. The molecule has 2 aromatic heterocycles. The van der Waals surface area contributed by atoms with Gasteiger partial charge in [-0.2, -0.15) is 0 Å². The van der Waals surface area contributed by atoms with Gasteiger partial charge in [-0.05, 0) is 36.4 Å². The lowest BCUT2D eigenvalue weighted by Gasteiger charge is -2.08. The third kappa shape index (κ3) is 2.78. The molecule has 3 heterocycles. The summed E-state index contributed by atoms with van der Waals surface area (Å²) in [5, 5.41) is 23.6. The van der Waals surface area contributed by atoms with Crippen molar-refractivity contribution in [2.45, 2.75) is 0 Å². The molecule has 3 N–H and O–H groups in total. The third-order valence-electron chi connectivity index (χ3n) is 3.62. The zero-order valence-electron chi connectivity index (χ0n) is 13.0. The molecule has 0 spiro atoms. The van der Waals surface area contributed by atoms with Gasteiger partial charge in [0, 0.05) is 12.4 Å². The number of pyridine rings is 2. The quantitative estimate of drug-likeness (QED) is 0.627. The number of aliphatic imine (C=N–C) groups is 2. The van der Waals surface area contributed by atoms with E-state index >= 15 is 0 Å². The van der Waals surface area contributed by atoms with Crippen LogP contribution >= 0.6 is 0 Å². The molecule has 0 amide bonds. The van der Waals surface area contributed by atoms with Crippen LogP contribution in [-0.2, 0) is 0 Å². The normalized spacial score (nSPS) is 14.2. The van der Waals surface area contributed by atoms with Gasteiger partial charge in [0.25, 0.3) is 0 Å². The highest BCUT2D eigenvalue weighted by Gasteiger charge is 2.28. The first kappa shape index (κ1) is 14.8. The molecule has 0 fully saturated rings. The van der Waals surface area contributed by atoms with Crippen LogP contribution in [0, 0.1) is 0 Å². The molecule has 0 aliphatic carbocycles. The number of aromatic nitrogens is 2. The Hall–Kier alpha value is -3.74. The van der Waals surface area contributed by atoms with E-state index < -0.39 is 0 Å². The number of nitrogens with zero attached hydrogens (tertiary/aromatic N) is 4. The SMILES string of the molecule is Oc1ccc(O)c2c1C(=Nc1ccccn1)N=C2Nc1ccccn1. The van der Waals surface area contributed by atoms with Crippen LogP contribution in [0.4, 0.5) is 11.6 Å². The first-order chi connectivity index (χ1) is 12.2. The Kier molecular flexibility index (Phi) is 3.59. The summed E-state index contributed by atoms with van der Waals surface area (Å²) in [6.45, 7) is 0. The predicted octanol–water partition coefficient (Wildman–Crippen LogP) is 2.84. The van der Waals surface area contributed by atoms with Gasteiger partial charge in [-0.15, -0.1) is 0 Å². The molecular formula is C18H13N5O2. The lowest BCUT2D eigenvalue weighted by Crippen LogP contribution is -2.12. The summed E-state index contributed by atoms with van der Waals surface area (Å²) in [5.41, 5.74) is 0.726. The highest BCUT2D eigenvalue weighted by atomic mass is 16.3. The predicted molar refractivity (Wildman–Crippen MR) is 94.6 cm³/mol. The average molecular weight is 331 g/mol. The van der Waals surface area contributed by atoms with E-state index in [1.54, 1.807) is 42.7 Å². The van der Waals surface area contributed by atoms with E-state index in [1.807, 2.05) is 6.07 Å². The number of nitrogens with one attached hydrogen (secondary N) is 1. The minimum Gasteiger partial charge on any atom is -0.507 e. The summed E-state index contributed by atoms with van der Waals surface area (Å²) in [4.78, 5) is 17.1. The molecule has 7 nitrogen and oxygen atoms in total. The number of benzene rings is 1. The number of phenols is 2. The summed E-state index contributed by atoms with van der Waals surface area (Å²) in [7, 11) is 0. The van der Waals surface area contributed by atoms with Gasteiger partial charge < -0.3 is 15.5 Å². The number of amidine groups is 2. The van der Waals surface area contributed by atoms with Gasteiger partial charge in [0.2, 0.25) is 0 Å². The second-order valence-electron chi connectivity index (χ2n) is 5.28. The van der Waals surface area contributed by atoms with Crippen molar-refractivity contribution in [1.29, 1.82) is 0 Å². The minimum absolute atomic E-state index is 0.0128. The second-order valence-corrected chi connectivity index (χ2v) is 5.28. The van der Waals surface area contributed by atoms with E-state index in [2.05, 4.69) is 25.3 Å². The molecule has 3 aromatic rings. The number of fused-ring (bicyclic) bond motifs is 1. The van der Waals surface area contributed by atoms with Crippen LogP contribution in [0.5, 0.6) is 11.5 Å². The Morgan fingerprint density at radius 2 is 1.52 bits per heavy atom. The minimum atomic E-state index is -0.0240. The monoisotopic (exact) mass is 331 g/mol. The second kappa shape index (κ2) is 6.04. The van der Waals surface area contributed by atoms with Gasteiger partial charge in [-0.1, -0.05) is 12.1 Å². The molecule has 0 bridgehead atoms. The van der Waals surface area contributed by atoms with E-state index in [4.69, 9.17) is 0 Å². The van der Waals surface area contributed by atoms with Gasteiger partial charge in [-0.25, -0.2) is 20.0 Å². The summed E-state index contributed by atoms with van der Waals surface area (Å²) in [6, 6.07) is 13.5. The van der Waals surface area contributed by atoms with Crippen LogP contribution in [0.3, 0.4) is 0 Å². The van der Waals surface area contributed by atoms with E-state index in [1.165, 1.54) is 12.1 Å². The van der Waals surface area contributed by atoms with Crippen molar-refractivity contribution in [3.63, 3.8) is 0 Å². The van der Waals surface area contributed by atoms with E-state index in [0.717, 1.165) is 0 Å². The molecule has 122 valence electrons. The van der Waals surface area contributed by atoms with Crippen LogP contribution in [-0.4, -0.2) is 31.9 Å². The van der Waals surface area contributed by atoms with Crippen LogP contribution < -0.4 is 5.32 Å². The van der Waals surface area contributed by atoms with Crippen LogP contribution in [0.2, 0.25) is 0 Å². The van der Waals surface area contributed by atoms with Crippen molar-refractivity contribution in [3.05, 3.63) is 72.1 Å². The molecule has 0 unspecified atom stereocenters. The Morgan fingerprint density at radius 3 is 2.20 bits per heavy atom. The fourth-order valence-electron chi connectivity index (χ4n) is 2.52. The maximum atomic E-state index is 10.3. The average Bonchev–Trinajstić information content (AvgIpc) is 2.99. The molecule has 0 saturated heterocycles. The topological polar surface area (TPSA) is 103 Å². The Labute approximate surface area is 143 Å². The Bertz CT molecular complexity index is 985. The summed E-state index contributed by atoms with van der Waals surface area (Å²) >= 11 is 0. The largest absolute Gasteiger partial charge is 0.507 e. The van der Waals surface area contributed by atoms with Gasteiger partial charge in [0.05, 0.1) is 11.1 Å². The van der Waals surface area contributed by atoms with Gasteiger partial charge in [0.1, 0.15) is 23.2 Å². The smallest absolute Gasteiger partial charge is 0.168 e. The number of anilines is 1. The number of aromatic hydroxyl groups is 2. The van der Waals surface area contributed by atoms with E-state index in [0.29, 0.717) is 28.6 Å². The lowest BCUT2D eigenvalue weighted by atomic mass is 10.1. The number of hydrogen-bond acceptors (Lipinski definition) is 6. The molecule has 0 saturated carbocycles. The third-order valence-corrected chi connectivity index (χ3v) is 3.62. The van der Waals surface area contributed by atoms with E-state index in [9.17, 15) is 10.2 Å². The molecule has 1 aliphatic rings. The zero-order valence-corrected chi connectivity index (χ0v) is 13.0. The fourth-order valence-corrected chi connectivity index (χ4v) is 2.52. The molecule has 0 atom stereocenters. The number of rotatable bonds is 2. The zero-order chi connectivity index (χ0) is 17.2. The summed E-state index contributed by atoms with van der Waals surface area (Å²) in [5.74, 6) is 1.60. The molecule has 1 aliphatic heterocycles. The fraction of sp³-hybridized carbons (Fsp3) is 0. The van der Waals surface area contributed by atoms with Crippen molar-refractivity contribution < 1.29 is 10.2 Å². The molecule has 1 aromatic carbocycles. The highest BCUT2D eigenvalue weighted by Crippen LogP contribution is 2.35. The van der Waals surface area contributed by atoms with Crippen LogP contribution in [0.25, 0.3) is 0 Å². The first-order valence-corrected chi connectivity index (χ1v) is 7.54. The van der Waals surface area contributed by atoms with Crippen molar-refractivity contribution >= 4 is 23.3 Å². The lowest BCUT2D eigenvalue weighted by molar-refractivity contribution is 0.458. The van der Waals surface area contributed by atoms with Crippen molar-refractivity contribution in [2.24, 2.45) is 9.98 Å². The molecule has 4 rings (SSSR count). The maximum Gasteiger partial charge on any atom is 0.168 e. The van der Waals surface area contributed by atoms with Crippen molar-refractivity contribution in [3.8, 4) is 11.5 Å². The van der Waals surface area contributed by atoms with Crippen molar-refractivity contribution in [1.82, 2.24) is 9.97 Å². The number of phenolic OH excluding ortho intramolecular Hbond substituents is 2. The molecule has 25 heavy (non-hydrogen) atoms. The van der Waals surface area contributed by atoms with Crippen LogP contribution in [0.1, 0.15) is 11.1 Å². The maximum absolute atomic E-state index is 10.3. The van der Waals surface area contributed by atoms with Gasteiger partial charge >= 0.3 is 0 Å².